The molecule has 0 aliphatic carbocycles. The second-order valence-electron chi connectivity index (χ2n) is 5.72. The summed E-state index contributed by atoms with van der Waals surface area (Å²) >= 11 is 11.2. The summed E-state index contributed by atoms with van der Waals surface area (Å²) in [6.07, 6.45) is 0. The number of thiocarbonyl (C=S) groups is 1. The van der Waals surface area contributed by atoms with Crippen LogP contribution in [0.4, 0.5) is 5.69 Å². The Kier molecular flexibility index (Phi) is 6.41. The molecule has 0 aliphatic heterocycles. The summed E-state index contributed by atoms with van der Waals surface area (Å²) < 4.78 is 5.74. The maximum atomic E-state index is 12.1. The van der Waals surface area contributed by atoms with Gasteiger partial charge in [0.25, 0.3) is 5.91 Å². The molecular formula is C21H17ClN2O2S. The van der Waals surface area contributed by atoms with Gasteiger partial charge in [0.1, 0.15) is 12.4 Å². The standard InChI is InChI=1S/C21H17ClN2O2S/c22-17-8-4-5-15(13-17)14-26-19-11-9-18(10-12-19)23-21(27)24-20(25)16-6-2-1-3-7-16/h1-13H,14H2,(H2,23,24,25,27). The van der Waals surface area contributed by atoms with Crippen LogP contribution >= 0.6 is 23.8 Å². The average molecular weight is 397 g/mol. The molecule has 6 heteroatoms. The normalized spacial score (nSPS) is 10.1. The van der Waals surface area contributed by atoms with Crippen molar-refractivity contribution in [2.75, 3.05) is 5.32 Å². The van der Waals surface area contributed by atoms with Gasteiger partial charge in [0.15, 0.2) is 5.11 Å². The Morgan fingerprint density at radius 2 is 1.70 bits per heavy atom. The first-order chi connectivity index (χ1) is 13.1. The van der Waals surface area contributed by atoms with Crippen LogP contribution in [0.15, 0.2) is 78.9 Å². The van der Waals surface area contributed by atoms with Gasteiger partial charge in [-0.25, -0.2) is 0 Å². The van der Waals surface area contributed by atoms with Crippen molar-refractivity contribution in [1.82, 2.24) is 5.32 Å². The number of carbonyl (C=O) groups is 1. The molecule has 0 saturated heterocycles. The summed E-state index contributed by atoms with van der Waals surface area (Å²) in [5.74, 6) is 0.467. The van der Waals surface area contributed by atoms with Crippen molar-refractivity contribution in [2.24, 2.45) is 0 Å². The summed E-state index contributed by atoms with van der Waals surface area (Å²) in [4.78, 5) is 12.1. The Morgan fingerprint density at radius 1 is 0.963 bits per heavy atom. The quantitative estimate of drug-likeness (QED) is 0.593. The Morgan fingerprint density at radius 3 is 2.41 bits per heavy atom. The van der Waals surface area contributed by atoms with Gasteiger partial charge in [-0.3, -0.25) is 10.1 Å². The Bertz CT molecular complexity index is 930. The molecule has 0 fully saturated rings. The van der Waals surface area contributed by atoms with E-state index in [2.05, 4.69) is 10.6 Å². The maximum absolute atomic E-state index is 12.1. The van der Waals surface area contributed by atoms with Crippen molar-refractivity contribution in [1.29, 1.82) is 0 Å². The molecular weight excluding hydrogens is 380 g/mol. The first-order valence-corrected chi connectivity index (χ1v) is 9.03. The van der Waals surface area contributed by atoms with Crippen LogP contribution in [-0.2, 0) is 6.61 Å². The third-order valence-corrected chi connectivity index (χ3v) is 4.11. The van der Waals surface area contributed by atoms with E-state index < -0.39 is 0 Å². The van der Waals surface area contributed by atoms with Crippen molar-refractivity contribution in [2.45, 2.75) is 6.61 Å². The van der Waals surface area contributed by atoms with Crippen molar-refractivity contribution in [3.05, 3.63) is 95.0 Å². The summed E-state index contributed by atoms with van der Waals surface area (Å²) in [6.45, 7) is 0.429. The molecule has 27 heavy (non-hydrogen) atoms. The first-order valence-electron chi connectivity index (χ1n) is 8.25. The van der Waals surface area contributed by atoms with Gasteiger partial charge in [-0.2, -0.15) is 0 Å². The van der Waals surface area contributed by atoms with Gasteiger partial charge in [-0.15, -0.1) is 0 Å². The molecule has 1 amide bonds. The number of hydrogen-bond donors (Lipinski definition) is 2. The molecule has 0 radical (unpaired) electrons. The molecule has 0 unspecified atom stereocenters. The molecule has 0 saturated carbocycles. The van der Waals surface area contributed by atoms with Crippen molar-refractivity contribution >= 4 is 40.5 Å². The minimum Gasteiger partial charge on any atom is -0.489 e. The number of nitrogens with one attached hydrogen (secondary N) is 2. The number of amides is 1. The average Bonchev–Trinajstić information content (AvgIpc) is 2.68. The maximum Gasteiger partial charge on any atom is 0.257 e. The highest BCUT2D eigenvalue weighted by atomic mass is 35.5. The summed E-state index contributed by atoms with van der Waals surface area (Å²) in [7, 11) is 0. The Hall–Kier alpha value is -2.89. The molecule has 4 nitrogen and oxygen atoms in total. The van der Waals surface area contributed by atoms with E-state index in [1.165, 1.54) is 0 Å². The van der Waals surface area contributed by atoms with Gasteiger partial charge in [-0.1, -0.05) is 41.9 Å². The number of halogens is 1. The Balaban J connectivity index is 1.51. The second-order valence-corrected chi connectivity index (χ2v) is 6.56. The lowest BCUT2D eigenvalue weighted by atomic mass is 10.2. The summed E-state index contributed by atoms with van der Waals surface area (Å²) in [6, 6.07) is 23.7. The first kappa shape index (κ1) is 18.9. The highest BCUT2D eigenvalue weighted by Crippen LogP contribution is 2.18. The third kappa shape index (κ3) is 5.81. The molecule has 3 aromatic rings. The van der Waals surface area contributed by atoms with E-state index in [0.717, 1.165) is 17.0 Å². The topological polar surface area (TPSA) is 50.4 Å². The summed E-state index contributed by atoms with van der Waals surface area (Å²) in [5, 5.41) is 6.54. The monoisotopic (exact) mass is 396 g/mol. The zero-order valence-corrected chi connectivity index (χ0v) is 15.9. The fraction of sp³-hybridized carbons (Fsp3) is 0.0476. The number of ether oxygens (including phenoxy) is 1. The molecule has 0 spiro atoms. The van der Waals surface area contributed by atoms with E-state index in [0.29, 0.717) is 17.2 Å². The zero-order valence-electron chi connectivity index (χ0n) is 14.3. The SMILES string of the molecule is O=C(NC(=S)Nc1ccc(OCc2cccc(Cl)c2)cc1)c1ccccc1. The van der Waals surface area contributed by atoms with Crippen molar-refractivity contribution in [3.63, 3.8) is 0 Å². The van der Waals surface area contributed by atoms with Crippen LogP contribution in [0, 0.1) is 0 Å². The van der Waals surface area contributed by atoms with Gasteiger partial charge in [0, 0.05) is 16.3 Å². The lowest BCUT2D eigenvalue weighted by molar-refractivity contribution is 0.0977. The highest BCUT2D eigenvalue weighted by molar-refractivity contribution is 7.80. The molecule has 0 bridgehead atoms. The molecule has 0 heterocycles. The van der Waals surface area contributed by atoms with E-state index in [9.17, 15) is 4.79 Å². The predicted molar refractivity (Wildman–Crippen MR) is 112 cm³/mol. The van der Waals surface area contributed by atoms with Crippen molar-refractivity contribution in [3.8, 4) is 5.75 Å². The van der Waals surface area contributed by atoms with Gasteiger partial charge in [0.05, 0.1) is 0 Å². The lowest BCUT2D eigenvalue weighted by Crippen LogP contribution is -2.34. The Labute approximate surface area is 168 Å². The zero-order chi connectivity index (χ0) is 19.1. The van der Waals surface area contributed by atoms with Gasteiger partial charge >= 0.3 is 0 Å². The molecule has 3 aromatic carbocycles. The second kappa shape index (κ2) is 9.16. The fourth-order valence-corrected chi connectivity index (χ4v) is 2.78. The molecule has 0 aliphatic rings. The highest BCUT2D eigenvalue weighted by Gasteiger charge is 2.07. The smallest absolute Gasteiger partial charge is 0.257 e. The predicted octanol–water partition coefficient (Wildman–Crippen LogP) is 5.05. The molecule has 0 aromatic heterocycles. The van der Waals surface area contributed by atoms with Crippen LogP contribution in [0.1, 0.15) is 15.9 Å². The molecule has 136 valence electrons. The van der Waals surface area contributed by atoms with Crippen LogP contribution in [0.3, 0.4) is 0 Å². The number of hydrogen-bond acceptors (Lipinski definition) is 3. The van der Waals surface area contributed by atoms with Gasteiger partial charge in [-0.05, 0) is 66.3 Å². The molecule has 3 rings (SSSR count). The number of benzene rings is 3. The number of rotatable bonds is 5. The van der Waals surface area contributed by atoms with Gasteiger partial charge in [0.2, 0.25) is 0 Å². The van der Waals surface area contributed by atoms with Crippen LogP contribution in [0.5, 0.6) is 5.75 Å². The number of anilines is 1. The number of carbonyl (C=O) groups excluding carboxylic acids is 1. The van der Waals surface area contributed by atoms with E-state index in [1.807, 2.05) is 54.6 Å². The van der Waals surface area contributed by atoms with E-state index in [4.69, 9.17) is 28.6 Å². The van der Waals surface area contributed by atoms with E-state index >= 15 is 0 Å². The largest absolute Gasteiger partial charge is 0.489 e. The van der Waals surface area contributed by atoms with E-state index in [1.54, 1.807) is 24.3 Å². The van der Waals surface area contributed by atoms with Crippen molar-refractivity contribution < 1.29 is 9.53 Å². The van der Waals surface area contributed by atoms with Crippen LogP contribution in [-0.4, -0.2) is 11.0 Å². The molecule has 0 atom stereocenters. The minimum absolute atomic E-state index is 0.233. The minimum atomic E-state index is -0.255. The van der Waals surface area contributed by atoms with Gasteiger partial charge < -0.3 is 10.1 Å². The third-order valence-electron chi connectivity index (χ3n) is 3.67. The van der Waals surface area contributed by atoms with Crippen LogP contribution in [0.2, 0.25) is 5.02 Å². The fourth-order valence-electron chi connectivity index (χ4n) is 2.36. The van der Waals surface area contributed by atoms with Crippen LogP contribution in [0.25, 0.3) is 0 Å². The lowest BCUT2D eigenvalue weighted by Gasteiger charge is -2.11. The molecule has 2 N–H and O–H groups in total. The summed E-state index contributed by atoms with van der Waals surface area (Å²) in [5.41, 5.74) is 2.30. The van der Waals surface area contributed by atoms with Crippen LogP contribution < -0.4 is 15.4 Å². The van der Waals surface area contributed by atoms with E-state index in [-0.39, 0.29) is 11.0 Å².